The van der Waals surface area contributed by atoms with Crippen molar-refractivity contribution in [3.05, 3.63) is 63.3 Å². The lowest BCUT2D eigenvalue weighted by atomic mass is 10.0. The number of nitrogens with one attached hydrogen (secondary N) is 1. The number of methoxy groups -OCH3 is 2. The van der Waals surface area contributed by atoms with Crippen molar-refractivity contribution in [2.45, 2.75) is 26.4 Å². The van der Waals surface area contributed by atoms with Gasteiger partial charge in [-0.3, -0.25) is 9.69 Å². The molecule has 3 aromatic rings. The minimum absolute atomic E-state index is 0.112. The van der Waals surface area contributed by atoms with E-state index in [0.29, 0.717) is 36.7 Å². The van der Waals surface area contributed by atoms with Crippen LogP contribution in [0.1, 0.15) is 22.4 Å². The predicted octanol–water partition coefficient (Wildman–Crippen LogP) is 2.91. The molecular formula is C21H23N3O4. The Labute approximate surface area is 162 Å². The van der Waals surface area contributed by atoms with Crippen molar-refractivity contribution < 1.29 is 13.9 Å². The number of nitrogens with zero attached hydrogens (tertiary/aromatic N) is 2. The quantitative estimate of drug-likeness (QED) is 0.732. The summed E-state index contributed by atoms with van der Waals surface area (Å²) in [6.45, 7) is 4.10. The van der Waals surface area contributed by atoms with E-state index in [1.54, 1.807) is 32.6 Å². The van der Waals surface area contributed by atoms with Crippen LogP contribution in [0.3, 0.4) is 0 Å². The monoisotopic (exact) mass is 381 g/mol. The van der Waals surface area contributed by atoms with Gasteiger partial charge in [-0.1, -0.05) is 0 Å². The number of aryl methyl sites for hydroxylation is 1. The van der Waals surface area contributed by atoms with Gasteiger partial charge in [-0.2, -0.15) is 0 Å². The van der Waals surface area contributed by atoms with Crippen LogP contribution >= 0.6 is 0 Å². The fraction of sp³-hybridized carbons (Fsp3) is 0.333. The Hall–Kier alpha value is -3.06. The van der Waals surface area contributed by atoms with E-state index in [-0.39, 0.29) is 5.56 Å². The van der Waals surface area contributed by atoms with Crippen LogP contribution in [-0.2, 0) is 19.5 Å². The normalized spacial score (nSPS) is 14.0. The number of hydrogen-bond acceptors (Lipinski definition) is 6. The molecule has 3 heterocycles. The summed E-state index contributed by atoms with van der Waals surface area (Å²) in [4.78, 5) is 22.3. The Balaban J connectivity index is 1.59. The summed E-state index contributed by atoms with van der Waals surface area (Å²) in [6, 6.07) is 7.46. The fourth-order valence-electron chi connectivity index (χ4n) is 3.62. The second kappa shape index (κ2) is 7.52. The molecule has 0 aliphatic carbocycles. The van der Waals surface area contributed by atoms with Crippen molar-refractivity contribution in [3.8, 4) is 23.1 Å². The highest BCUT2D eigenvalue weighted by Crippen LogP contribution is 2.30. The maximum Gasteiger partial charge on any atom is 0.256 e. The number of furan rings is 1. The molecule has 1 aliphatic rings. The zero-order chi connectivity index (χ0) is 19.7. The number of aromatic nitrogens is 2. The Kier molecular flexibility index (Phi) is 4.92. The van der Waals surface area contributed by atoms with E-state index < -0.39 is 0 Å². The predicted molar refractivity (Wildman–Crippen MR) is 105 cm³/mol. The van der Waals surface area contributed by atoms with Crippen LogP contribution in [0.5, 0.6) is 11.5 Å². The third-order valence-electron chi connectivity index (χ3n) is 5.15. The highest BCUT2D eigenvalue weighted by atomic mass is 16.5. The number of benzene rings is 1. The van der Waals surface area contributed by atoms with Gasteiger partial charge < -0.3 is 18.9 Å². The standard InChI is InChI=1S/C21H23N3O4/c1-13-9-14(26-2)10-19(27-3)15(13)11-24-7-6-17-16(12-24)21(25)23-20(22-17)18-5-4-8-28-18/h4-5,8-10H,6-7,11-12H2,1-3H3,(H,22,23,25). The summed E-state index contributed by atoms with van der Waals surface area (Å²) < 4.78 is 16.3. The molecule has 0 saturated carbocycles. The second-order valence-electron chi connectivity index (χ2n) is 6.90. The van der Waals surface area contributed by atoms with E-state index in [1.807, 2.05) is 19.1 Å². The summed E-state index contributed by atoms with van der Waals surface area (Å²) in [5.74, 6) is 2.62. The minimum Gasteiger partial charge on any atom is -0.497 e. The van der Waals surface area contributed by atoms with Gasteiger partial charge in [0.05, 0.1) is 31.7 Å². The van der Waals surface area contributed by atoms with Gasteiger partial charge in [-0.25, -0.2) is 4.98 Å². The Morgan fingerprint density at radius 3 is 2.86 bits per heavy atom. The van der Waals surface area contributed by atoms with Gasteiger partial charge in [0.1, 0.15) is 11.5 Å². The lowest BCUT2D eigenvalue weighted by molar-refractivity contribution is 0.237. The molecule has 0 unspecified atom stereocenters. The first-order valence-corrected chi connectivity index (χ1v) is 9.19. The van der Waals surface area contributed by atoms with Gasteiger partial charge in [0.15, 0.2) is 11.6 Å². The summed E-state index contributed by atoms with van der Waals surface area (Å²) >= 11 is 0. The number of hydrogen-bond donors (Lipinski definition) is 1. The van der Waals surface area contributed by atoms with Crippen LogP contribution in [0.2, 0.25) is 0 Å². The first kappa shape index (κ1) is 18.3. The van der Waals surface area contributed by atoms with Gasteiger partial charge in [-0.05, 0) is 30.7 Å². The number of aromatic amines is 1. The Morgan fingerprint density at radius 1 is 1.29 bits per heavy atom. The molecular weight excluding hydrogens is 358 g/mol. The molecule has 0 bridgehead atoms. The molecule has 0 atom stereocenters. The molecule has 1 aromatic carbocycles. The number of H-pyrrole nitrogens is 1. The largest absolute Gasteiger partial charge is 0.497 e. The molecule has 28 heavy (non-hydrogen) atoms. The van der Waals surface area contributed by atoms with Crippen LogP contribution in [0.15, 0.2) is 39.7 Å². The average molecular weight is 381 g/mol. The van der Waals surface area contributed by atoms with Crippen molar-refractivity contribution in [2.24, 2.45) is 0 Å². The molecule has 4 rings (SSSR count). The van der Waals surface area contributed by atoms with Crippen molar-refractivity contribution in [3.63, 3.8) is 0 Å². The zero-order valence-electron chi connectivity index (χ0n) is 16.2. The van der Waals surface area contributed by atoms with Crippen molar-refractivity contribution in [1.82, 2.24) is 14.9 Å². The van der Waals surface area contributed by atoms with Gasteiger partial charge in [0.2, 0.25) is 0 Å². The first-order valence-electron chi connectivity index (χ1n) is 9.19. The fourth-order valence-corrected chi connectivity index (χ4v) is 3.62. The second-order valence-corrected chi connectivity index (χ2v) is 6.90. The molecule has 1 aliphatic heterocycles. The van der Waals surface area contributed by atoms with E-state index in [2.05, 4.69) is 14.9 Å². The van der Waals surface area contributed by atoms with E-state index in [1.165, 1.54) is 0 Å². The van der Waals surface area contributed by atoms with Crippen molar-refractivity contribution in [1.29, 1.82) is 0 Å². The molecule has 146 valence electrons. The van der Waals surface area contributed by atoms with Crippen LogP contribution < -0.4 is 15.0 Å². The minimum atomic E-state index is -0.112. The maximum atomic E-state index is 12.6. The molecule has 1 N–H and O–H groups in total. The molecule has 0 saturated heterocycles. The van der Waals surface area contributed by atoms with Gasteiger partial charge >= 0.3 is 0 Å². The van der Waals surface area contributed by atoms with Crippen molar-refractivity contribution >= 4 is 0 Å². The third-order valence-corrected chi connectivity index (χ3v) is 5.15. The SMILES string of the molecule is COc1cc(C)c(CN2CCc3nc(-c4ccco4)[nH]c(=O)c3C2)c(OC)c1. The van der Waals surface area contributed by atoms with E-state index in [9.17, 15) is 4.79 Å². The Bertz CT molecular complexity index is 1040. The van der Waals surface area contributed by atoms with Crippen LogP contribution in [0, 0.1) is 6.92 Å². The summed E-state index contributed by atoms with van der Waals surface area (Å²) in [6.07, 6.45) is 2.28. The van der Waals surface area contributed by atoms with Crippen LogP contribution in [-0.4, -0.2) is 35.6 Å². The Morgan fingerprint density at radius 2 is 2.14 bits per heavy atom. The highest BCUT2D eigenvalue weighted by molar-refractivity contribution is 5.48. The zero-order valence-corrected chi connectivity index (χ0v) is 16.2. The average Bonchev–Trinajstić information content (AvgIpc) is 3.24. The van der Waals surface area contributed by atoms with Gasteiger partial charge in [0, 0.05) is 37.7 Å². The number of rotatable bonds is 5. The van der Waals surface area contributed by atoms with Gasteiger partial charge in [0.25, 0.3) is 5.56 Å². The highest BCUT2D eigenvalue weighted by Gasteiger charge is 2.23. The summed E-state index contributed by atoms with van der Waals surface area (Å²) in [7, 11) is 3.31. The smallest absolute Gasteiger partial charge is 0.256 e. The third kappa shape index (κ3) is 3.41. The molecule has 7 nitrogen and oxygen atoms in total. The lowest BCUT2D eigenvalue weighted by Crippen LogP contribution is -2.35. The van der Waals surface area contributed by atoms with Crippen LogP contribution in [0.25, 0.3) is 11.6 Å². The molecule has 0 radical (unpaired) electrons. The number of ether oxygens (including phenoxy) is 2. The summed E-state index contributed by atoms with van der Waals surface area (Å²) in [5, 5.41) is 0. The lowest BCUT2D eigenvalue weighted by Gasteiger charge is -2.29. The molecule has 0 spiro atoms. The summed E-state index contributed by atoms with van der Waals surface area (Å²) in [5.41, 5.74) is 3.64. The first-order chi connectivity index (χ1) is 13.6. The van der Waals surface area contributed by atoms with E-state index in [0.717, 1.165) is 34.9 Å². The molecule has 7 heteroatoms. The van der Waals surface area contributed by atoms with E-state index in [4.69, 9.17) is 13.9 Å². The maximum absolute atomic E-state index is 12.6. The topological polar surface area (TPSA) is 80.6 Å². The molecule has 0 fully saturated rings. The van der Waals surface area contributed by atoms with E-state index >= 15 is 0 Å². The van der Waals surface area contributed by atoms with Crippen molar-refractivity contribution in [2.75, 3.05) is 20.8 Å². The molecule has 0 amide bonds. The molecule has 2 aromatic heterocycles. The number of fused-ring (bicyclic) bond motifs is 1. The van der Waals surface area contributed by atoms with Gasteiger partial charge in [-0.15, -0.1) is 0 Å². The van der Waals surface area contributed by atoms with Crippen LogP contribution in [0.4, 0.5) is 0 Å².